The van der Waals surface area contributed by atoms with Crippen molar-refractivity contribution in [2.24, 2.45) is 23.7 Å². The Morgan fingerprint density at radius 2 is 1.60 bits per heavy atom. The Hall–Kier alpha value is -2.31. The highest BCUT2D eigenvalue weighted by Crippen LogP contribution is 2.47. The zero-order valence-corrected chi connectivity index (χ0v) is 38.2. The van der Waals surface area contributed by atoms with Crippen molar-refractivity contribution in [1.29, 1.82) is 0 Å². The molecule has 348 valence electrons. The molecule has 3 N–H and O–H groups in total. The van der Waals surface area contributed by atoms with E-state index in [9.17, 15) is 20.1 Å². The van der Waals surface area contributed by atoms with Gasteiger partial charge in [0.25, 0.3) is 0 Å². The van der Waals surface area contributed by atoms with E-state index in [1.54, 1.807) is 40.2 Å². The van der Waals surface area contributed by atoms with Crippen LogP contribution in [-0.4, -0.2) is 139 Å². The summed E-state index contributed by atoms with van der Waals surface area (Å²) in [6.45, 7) is 16.1. The fourth-order valence-electron chi connectivity index (χ4n) is 10.6. The Morgan fingerprint density at radius 1 is 0.887 bits per heavy atom. The molecule has 4 fully saturated rings. The van der Waals surface area contributed by atoms with Crippen LogP contribution >= 0.6 is 0 Å². The monoisotopic (exact) mass is 872 g/mol. The van der Waals surface area contributed by atoms with E-state index in [-0.39, 0.29) is 42.7 Å². The average molecular weight is 873 g/mol. The number of carbonyl (C=O) groups excluding carboxylic acids is 1. The van der Waals surface area contributed by atoms with Gasteiger partial charge in [-0.3, -0.25) is 4.79 Å². The third-order valence-corrected chi connectivity index (χ3v) is 14.5. The Kier molecular flexibility index (Phi) is 15.1. The lowest BCUT2D eigenvalue weighted by Gasteiger charge is -2.48. The van der Waals surface area contributed by atoms with Gasteiger partial charge < -0.3 is 62.7 Å². The highest BCUT2D eigenvalue weighted by Gasteiger charge is 2.60. The molecule has 1 spiro atoms. The number of aliphatic hydroxyl groups is 3. The second-order valence-electron chi connectivity index (χ2n) is 19.0. The minimum atomic E-state index is -1.84. The first-order chi connectivity index (χ1) is 29.5. The number of methoxy groups -OCH3 is 2. The van der Waals surface area contributed by atoms with Crippen LogP contribution in [0.1, 0.15) is 93.9 Å². The molecular formula is C48H72O14. The summed E-state index contributed by atoms with van der Waals surface area (Å²) in [5, 5.41) is 34.2. The molecule has 2 bridgehead atoms. The van der Waals surface area contributed by atoms with Crippen LogP contribution in [0.2, 0.25) is 0 Å². The molecule has 1 unspecified atom stereocenters. The number of allylic oxidation sites excluding steroid dienone is 2. The highest BCUT2D eigenvalue weighted by molar-refractivity contribution is 5.78. The molecule has 6 aliphatic heterocycles. The molecule has 0 saturated carbocycles. The van der Waals surface area contributed by atoms with E-state index in [1.807, 2.05) is 32.1 Å². The fraction of sp³-hybridized carbons (Fsp3) is 0.771. The van der Waals surface area contributed by atoms with Crippen LogP contribution in [0.3, 0.4) is 0 Å². The summed E-state index contributed by atoms with van der Waals surface area (Å²) in [6, 6.07) is 0. The first-order valence-electron chi connectivity index (χ1n) is 22.9. The van der Waals surface area contributed by atoms with Crippen molar-refractivity contribution >= 4 is 5.97 Å². The maximum Gasteiger partial charge on any atom is 0.316 e. The Labute approximate surface area is 367 Å². The van der Waals surface area contributed by atoms with Crippen molar-refractivity contribution in [3.05, 3.63) is 59.3 Å². The number of carbonyl (C=O) groups is 1. The molecule has 20 atom stereocenters. The molecule has 0 amide bonds. The molecule has 62 heavy (non-hydrogen) atoms. The maximum atomic E-state index is 14.3. The predicted octanol–water partition coefficient (Wildman–Crippen LogP) is 5.38. The van der Waals surface area contributed by atoms with Crippen molar-refractivity contribution in [2.75, 3.05) is 20.8 Å². The molecular weight excluding hydrogens is 801 g/mol. The molecule has 0 aromatic rings. The normalized spacial score (nSPS) is 49.1. The topological polar surface area (TPSA) is 170 Å². The number of rotatable bonds is 8. The fourth-order valence-corrected chi connectivity index (χ4v) is 10.6. The molecule has 1 aliphatic carbocycles. The lowest BCUT2D eigenvalue weighted by atomic mass is 9.71. The van der Waals surface area contributed by atoms with Gasteiger partial charge in [0.1, 0.15) is 42.0 Å². The molecule has 4 saturated heterocycles. The van der Waals surface area contributed by atoms with Gasteiger partial charge in [0.2, 0.25) is 0 Å². The van der Waals surface area contributed by atoms with Crippen LogP contribution in [0.4, 0.5) is 0 Å². The summed E-state index contributed by atoms with van der Waals surface area (Å²) in [5.74, 6) is -2.56. The van der Waals surface area contributed by atoms with Crippen molar-refractivity contribution in [2.45, 2.75) is 191 Å². The van der Waals surface area contributed by atoms with Crippen LogP contribution in [0.5, 0.6) is 0 Å². The predicted molar refractivity (Wildman–Crippen MR) is 227 cm³/mol. The molecule has 14 nitrogen and oxygen atoms in total. The van der Waals surface area contributed by atoms with Gasteiger partial charge in [0.15, 0.2) is 18.4 Å². The van der Waals surface area contributed by atoms with Gasteiger partial charge in [-0.25, -0.2) is 0 Å². The van der Waals surface area contributed by atoms with E-state index >= 15 is 0 Å². The zero-order valence-electron chi connectivity index (χ0n) is 38.2. The van der Waals surface area contributed by atoms with Crippen LogP contribution in [0.15, 0.2) is 59.3 Å². The van der Waals surface area contributed by atoms with Gasteiger partial charge in [0, 0.05) is 51.7 Å². The van der Waals surface area contributed by atoms with Gasteiger partial charge >= 0.3 is 5.97 Å². The van der Waals surface area contributed by atoms with E-state index in [4.69, 9.17) is 47.4 Å². The summed E-state index contributed by atoms with van der Waals surface area (Å²) in [7, 11) is 3.22. The summed E-state index contributed by atoms with van der Waals surface area (Å²) in [6.07, 6.45) is 8.55. The standard InChI is InChI=1S/C48H72O14/c1-11-25(2)43-28(5)17-18-47(62-43)23-34-20-33(61-47)16-15-27(4)42(26(3)13-12-14-32-24-55-45-40(49)29(6)19-35(46(51)58-34)48(32,45)52)59-39-22-37(54-10)44(31(8)57-39)60-38-21-36(53-9)41(50)30(7)56-38/h12-15,17-19,25-26,28,30-31,33-45,49-50,52H,11,16,20-24H2,1-10H3/b13-12+,27-15+,32-14+/t25?,26-,28-,30-,31-,33+,34-,35-,36-,37-,38-,39-,40+,41+,42-,43+,44-,45+,47+,48+/m0/s1. The number of esters is 1. The van der Waals surface area contributed by atoms with Crippen molar-refractivity contribution < 1.29 is 67.5 Å². The molecule has 0 radical (unpaired) electrons. The third-order valence-electron chi connectivity index (χ3n) is 14.5. The number of hydrogen-bond donors (Lipinski definition) is 3. The van der Waals surface area contributed by atoms with Crippen LogP contribution in [0.25, 0.3) is 0 Å². The number of ether oxygens (including phenoxy) is 10. The van der Waals surface area contributed by atoms with Crippen LogP contribution in [0, 0.1) is 23.7 Å². The molecule has 0 aromatic heterocycles. The van der Waals surface area contributed by atoms with E-state index < -0.39 is 90.8 Å². The number of fused-ring (bicyclic) bond motifs is 2. The zero-order chi connectivity index (χ0) is 44.7. The van der Waals surface area contributed by atoms with Crippen LogP contribution in [-0.2, 0) is 52.2 Å². The van der Waals surface area contributed by atoms with Crippen molar-refractivity contribution in [1.82, 2.24) is 0 Å². The van der Waals surface area contributed by atoms with E-state index in [1.165, 1.54) is 0 Å². The quantitative estimate of drug-likeness (QED) is 0.210. The minimum Gasteiger partial charge on any atom is -0.462 e. The highest BCUT2D eigenvalue weighted by atomic mass is 16.7. The Bertz CT molecular complexity index is 1730. The summed E-state index contributed by atoms with van der Waals surface area (Å²) < 4.78 is 63.7. The molecule has 7 aliphatic rings. The van der Waals surface area contributed by atoms with Gasteiger partial charge in [-0.2, -0.15) is 0 Å². The lowest BCUT2D eigenvalue weighted by Crippen LogP contribution is -2.58. The summed E-state index contributed by atoms with van der Waals surface area (Å²) >= 11 is 0. The van der Waals surface area contributed by atoms with Gasteiger partial charge in [0.05, 0.1) is 49.3 Å². The van der Waals surface area contributed by atoms with E-state index in [0.29, 0.717) is 43.3 Å². The molecule has 6 heterocycles. The Balaban J connectivity index is 1.18. The van der Waals surface area contributed by atoms with Crippen LogP contribution < -0.4 is 0 Å². The largest absolute Gasteiger partial charge is 0.462 e. The first-order valence-corrected chi connectivity index (χ1v) is 22.9. The number of hydrogen-bond acceptors (Lipinski definition) is 14. The summed E-state index contributed by atoms with van der Waals surface area (Å²) in [5.41, 5.74) is 0.134. The van der Waals surface area contributed by atoms with E-state index in [0.717, 1.165) is 12.0 Å². The van der Waals surface area contributed by atoms with Crippen molar-refractivity contribution in [3.8, 4) is 0 Å². The molecule has 14 heteroatoms. The second kappa shape index (κ2) is 19.7. The first kappa shape index (κ1) is 47.6. The van der Waals surface area contributed by atoms with Gasteiger partial charge in [-0.05, 0) is 62.8 Å². The SMILES string of the molecule is CCC(C)[C@H]1O[C@]2(C=C[C@@H]1C)C[C@@H]1C[C@@H](C/C=C(\C)[C@@H](O[C@H]3C[C@H](OC)[C@@H](O[C@H]4C[C@H](OC)[C@H](O)[C@H](C)O4)[C@H](C)O3)[C@@H](C)/C=C/C=C3\CO[C@@H]4[C@H](O)C(C)=C[C@@H](C(=O)O1)[C@]34O)O2. The second-order valence-corrected chi connectivity index (χ2v) is 19.0. The molecule has 0 aromatic carbocycles. The maximum absolute atomic E-state index is 14.3. The number of aliphatic hydroxyl groups excluding tert-OH is 2. The Morgan fingerprint density at radius 3 is 2.32 bits per heavy atom. The van der Waals surface area contributed by atoms with Gasteiger partial charge in [-0.1, -0.05) is 70.6 Å². The lowest BCUT2D eigenvalue weighted by molar-refractivity contribution is -0.318. The van der Waals surface area contributed by atoms with Gasteiger partial charge in [-0.15, -0.1) is 0 Å². The summed E-state index contributed by atoms with van der Waals surface area (Å²) in [4.78, 5) is 14.3. The minimum absolute atomic E-state index is 0.0317. The molecule has 7 rings (SSSR count). The van der Waals surface area contributed by atoms with Crippen molar-refractivity contribution in [3.63, 3.8) is 0 Å². The average Bonchev–Trinajstić information content (AvgIpc) is 3.58. The van der Waals surface area contributed by atoms with E-state index in [2.05, 4.69) is 39.8 Å². The third kappa shape index (κ3) is 9.64. The smallest absolute Gasteiger partial charge is 0.316 e.